The van der Waals surface area contributed by atoms with Crippen LogP contribution in [0.3, 0.4) is 0 Å². The summed E-state index contributed by atoms with van der Waals surface area (Å²) in [6, 6.07) is 13.3. The van der Waals surface area contributed by atoms with Gasteiger partial charge in [-0.25, -0.2) is 4.52 Å². The molecule has 4 aromatic rings. The van der Waals surface area contributed by atoms with Crippen LogP contribution in [0.1, 0.15) is 23.1 Å². The maximum Gasteiger partial charge on any atom is 0.276 e. The molecule has 0 aliphatic carbocycles. The molecule has 8 nitrogen and oxygen atoms in total. The van der Waals surface area contributed by atoms with Crippen LogP contribution in [0.4, 0.5) is 0 Å². The molecule has 0 aliphatic heterocycles. The second-order valence-corrected chi connectivity index (χ2v) is 8.16. The van der Waals surface area contributed by atoms with Crippen molar-refractivity contribution < 1.29 is 14.3 Å². The Bertz CT molecular complexity index is 1400. The summed E-state index contributed by atoms with van der Waals surface area (Å²) in [6.45, 7) is 4.70. The number of amides is 1. The fraction of sp³-hybridized carbons (Fsp3) is 0.269. The zero-order chi connectivity index (χ0) is 24.2. The van der Waals surface area contributed by atoms with Gasteiger partial charge in [-0.2, -0.15) is 5.10 Å². The summed E-state index contributed by atoms with van der Waals surface area (Å²) in [6.07, 6.45) is 3.57. The molecular weight excluding hydrogens is 432 g/mol. The highest BCUT2D eigenvalue weighted by Gasteiger charge is 2.12. The van der Waals surface area contributed by atoms with Crippen LogP contribution < -0.4 is 20.3 Å². The molecule has 4 rings (SSSR count). The van der Waals surface area contributed by atoms with Gasteiger partial charge in [-0.1, -0.05) is 12.1 Å². The second kappa shape index (κ2) is 9.82. The van der Waals surface area contributed by atoms with Crippen molar-refractivity contribution >= 4 is 11.4 Å². The molecule has 0 radical (unpaired) electrons. The van der Waals surface area contributed by atoms with E-state index in [0.29, 0.717) is 23.6 Å². The maximum absolute atomic E-state index is 13.0. The van der Waals surface area contributed by atoms with Crippen LogP contribution >= 0.6 is 0 Å². The highest BCUT2D eigenvalue weighted by molar-refractivity contribution is 5.76. The lowest BCUT2D eigenvalue weighted by Crippen LogP contribution is -2.27. The first-order valence-electron chi connectivity index (χ1n) is 11.0. The van der Waals surface area contributed by atoms with E-state index in [1.54, 1.807) is 43.3 Å². The van der Waals surface area contributed by atoms with Gasteiger partial charge in [0, 0.05) is 49.1 Å². The Morgan fingerprint density at radius 2 is 1.82 bits per heavy atom. The van der Waals surface area contributed by atoms with E-state index < -0.39 is 0 Å². The summed E-state index contributed by atoms with van der Waals surface area (Å²) in [5.74, 6) is 1.16. The predicted octanol–water partition coefficient (Wildman–Crippen LogP) is 3.50. The Morgan fingerprint density at radius 1 is 1.00 bits per heavy atom. The van der Waals surface area contributed by atoms with Crippen LogP contribution in [0.15, 0.2) is 59.7 Å². The minimum absolute atomic E-state index is 0.158. The summed E-state index contributed by atoms with van der Waals surface area (Å²) in [4.78, 5) is 25.4. The minimum Gasteiger partial charge on any atom is -0.497 e. The molecule has 8 heteroatoms. The van der Waals surface area contributed by atoms with Gasteiger partial charge < -0.3 is 19.4 Å². The van der Waals surface area contributed by atoms with Crippen molar-refractivity contribution in [2.24, 2.45) is 0 Å². The topological polar surface area (TPSA) is 86.9 Å². The number of nitrogens with zero attached hydrogens (tertiary/aromatic N) is 3. The van der Waals surface area contributed by atoms with Crippen molar-refractivity contribution in [3.8, 4) is 22.8 Å². The quantitative estimate of drug-likeness (QED) is 0.435. The average molecular weight is 461 g/mol. The lowest BCUT2D eigenvalue weighted by atomic mass is 10.0. The van der Waals surface area contributed by atoms with Gasteiger partial charge in [0.1, 0.15) is 17.0 Å². The van der Waals surface area contributed by atoms with Gasteiger partial charge in [0.2, 0.25) is 5.91 Å². The molecule has 0 bridgehead atoms. The number of aromatic nitrogens is 3. The van der Waals surface area contributed by atoms with Crippen molar-refractivity contribution in [2.45, 2.75) is 33.4 Å². The lowest BCUT2D eigenvalue weighted by Gasteiger charge is -2.11. The molecule has 2 heterocycles. The molecule has 0 aliphatic rings. The lowest BCUT2D eigenvalue weighted by molar-refractivity contribution is -0.121. The van der Waals surface area contributed by atoms with E-state index in [9.17, 15) is 9.59 Å². The zero-order valence-corrected chi connectivity index (χ0v) is 19.8. The SMILES string of the molecule is COc1ccc(CNC(=O)CCn2ccn3nc(-c4ccc(C)c(C)c4)cc3c2=O)c(OC)c1. The number of hydrogen-bond acceptors (Lipinski definition) is 5. The molecule has 1 amide bonds. The summed E-state index contributed by atoms with van der Waals surface area (Å²) in [5.41, 5.74) is 5.21. The maximum atomic E-state index is 13.0. The van der Waals surface area contributed by atoms with Crippen molar-refractivity contribution in [1.82, 2.24) is 19.5 Å². The van der Waals surface area contributed by atoms with Crippen LogP contribution in [-0.2, 0) is 17.9 Å². The predicted molar refractivity (Wildman–Crippen MR) is 130 cm³/mol. The summed E-state index contributed by atoms with van der Waals surface area (Å²) < 4.78 is 13.7. The molecule has 0 spiro atoms. The molecule has 0 saturated heterocycles. The number of fused-ring (bicyclic) bond motifs is 1. The van der Waals surface area contributed by atoms with Gasteiger partial charge in [-0.3, -0.25) is 9.59 Å². The third-order valence-corrected chi connectivity index (χ3v) is 5.96. The molecule has 0 fully saturated rings. The van der Waals surface area contributed by atoms with E-state index >= 15 is 0 Å². The number of benzene rings is 2. The number of methoxy groups -OCH3 is 2. The van der Waals surface area contributed by atoms with E-state index in [1.165, 1.54) is 15.7 Å². The number of aryl methyl sites for hydroxylation is 3. The van der Waals surface area contributed by atoms with Crippen LogP contribution in [0.25, 0.3) is 16.8 Å². The first kappa shape index (κ1) is 23.1. The molecule has 2 aromatic heterocycles. The van der Waals surface area contributed by atoms with Crippen LogP contribution in [0.5, 0.6) is 11.5 Å². The van der Waals surface area contributed by atoms with Gasteiger partial charge in [0.25, 0.3) is 5.56 Å². The van der Waals surface area contributed by atoms with Crippen molar-refractivity contribution in [1.29, 1.82) is 0 Å². The summed E-state index contributed by atoms with van der Waals surface area (Å²) in [7, 11) is 3.16. The number of carbonyl (C=O) groups excluding carboxylic acids is 1. The van der Waals surface area contributed by atoms with Crippen LogP contribution in [0, 0.1) is 13.8 Å². The fourth-order valence-corrected chi connectivity index (χ4v) is 3.75. The first-order chi connectivity index (χ1) is 16.4. The van der Waals surface area contributed by atoms with Crippen molar-refractivity contribution in [3.05, 3.63) is 81.9 Å². The molecule has 2 aromatic carbocycles. The Hall–Kier alpha value is -4.07. The zero-order valence-electron chi connectivity index (χ0n) is 19.8. The molecule has 34 heavy (non-hydrogen) atoms. The van der Waals surface area contributed by atoms with Crippen LogP contribution in [0.2, 0.25) is 0 Å². The van der Waals surface area contributed by atoms with Gasteiger partial charge in [-0.15, -0.1) is 0 Å². The van der Waals surface area contributed by atoms with Gasteiger partial charge in [0.15, 0.2) is 0 Å². The van der Waals surface area contributed by atoms with Gasteiger partial charge >= 0.3 is 0 Å². The van der Waals surface area contributed by atoms with Gasteiger partial charge in [-0.05, 0) is 49.2 Å². The largest absolute Gasteiger partial charge is 0.497 e. The smallest absolute Gasteiger partial charge is 0.276 e. The van der Waals surface area contributed by atoms with Crippen molar-refractivity contribution in [2.75, 3.05) is 14.2 Å². The molecule has 176 valence electrons. The Morgan fingerprint density at radius 3 is 2.56 bits per heavy atom. The fourth-order valence-electron chi connectivity index (χ4n) is 3.75. The monoisotopic (exact) mass is 460 g/mol. The number of hydrogen-bond donors (Lipinski definition) is 1. The van der Waals surface area contributed by atoms with E-state index in [-0.39, 0.29) is 24.4 Å². The normalized spacial score (nSPS) is 10.9. The third-order valence-electron chi connectivity index (χ3n) is 5.96. The Labute approximate surface area is 197 Å². The second-order valence-electron chi connectivity index (χ2n) is 8.16. The molecule has 0 unspecified atom stereocenters. The standard InChI is InChI=1S/C26H28N4O4/c1-17-5-6-19(13-18(17)2)22-15-23-26(32)29(11-12-30(23)28-22)10-9-25(31)27-16-20-7-8-21(33-3)14-24(20)34-4/h5-8,11-15H,9-10,16H2,1-4H3,(H,27,31). The van der Waals surface area contributed by atoms with E-state index in [0.717, 1.165) is 16.8 Å². The Kier molecular flexibility index (Phi) is 6.67. The highest BCUT2D eigenvalue weighted by Crippen LogP contribution is 2.24. The number of rotatable bonds is 8. The van der Waals surface area contributed by atoms with E-state index in [1.807, 2.05) is 24.3 Å². The minimum atomic E-state index is -0.185. The highest BCUT2D eigenvalue weighted by atomic mass is 16.5. The number of carbonyl (C=O) groups is 1. The molecule has 0 saturated carbocycles. The first-order valence-corrected chi connectivity index (χ1v) is 11.0. The molecule has 1 N–H and O–H groups in total. The van der Waals surface area contributed by atoms with E-state index in [2.05, 4.69) is 30.3 Å². The van der Waals surface area contributed by atoms with Gasteiger partial charge in [0.05, 0.1) is 19.9 Å². The third kappa shape index (κ3) is 4.80. The summed E-state index contributed by atoms with van der Waals surface area (Å²) >= 11 is 0. The number of ether oxygens (including phenoxy) is 2. The van der Waals surface area contributed by atoms with Crippen molar-refractivity contribution in [3.63, 3.8) is 0 Å². The molecular formula is C26H28N4O4. The summed E-state index contributed by atoms with van der Waals surface area (Å²) in [5, 5.41) is 7.43. The Balaban J connectivity index is 1.43. The van der Waals surface area contributed by atoms with E-state index in [4.69, 9.17) is 9.47 Å². The van der Waals surface area contributed by atoms with Crippen LogP contribution in [-0.4, -0.2) is 34.3 Å². The average Bonchev–Trinajstić information content (AvgIpc) is 3.29. The number of nitrogens with one attached hydrogen (secondary N) is 1. The molecule has 0 atom stereocenters.